The maximum atomic E-state index is 10.7. The van der Waals surface area contributed by atoms with E-state index in [1.54, 1.807) is 48.5 Å². The van der Waals surface area contributed by atoms with Gasteiger partial charge in [0.05, 0.1) is 53.4 Å². The van der Waals surface area contributed by atoms with Gasteiger partial charge in [-0.25, -0.2) is 9.59 Å². The number of nitrogens with zero attached hydrogens (tertiary/aromatic N) is 2. The molecule has 0 fully saturated rings. The Morgan fingerprint density at radius 2 is 0.750 bits per heavy atom. The maximum Gasteiger partial charge on any atom is 0.335 e. The molecule has 4 aromatic rings. The van der Waals surface area contributed by atoms with E-state index >= 15 is 0 Å². The van der Waals surface area contributed by atoms with Crippen molar-refractivity contribution in [3.8, 4) is 0 Å². The minimum Gasteiger partial charge on any atom is -0.478 e. The Balaban J connectivity index is 0.000000235. The quantitative estimate of drug-likeness (QED) is 0.173. The summed E-state index contributed by atoms with van der Waals surface area (Å²) in [6.07, 6.45) is 0. The van der Waals surface area contributed by atoms with Crippen LogP contribution in [0.4, 0.5) is 11.4 Å². The van der Waals surface area contributed by atoms with E-state index in [2.05, 4.69) is 90.8 Å². The minimum absolute atomic E-state index is 0.255. The predicted octanol–water partition coefficient (Wildman–Crippen LogP) is 7.65. The van der Waals surface area contributed by atoms with Gasteiger partial charge in [-0.1, -0.05) is 58.0 Å². The summed E-state index contributed by atoms with van der Waals surface area (Å²) in [6, 6.07) is 34.1. The molecule has 0 amide bonds. The Hall–Kier alpha value is -3.56. The molecule has 8 heteroatoms. The van der Waals surface area contributed by atoms with Crippen LogP contribution in [-0.2, 0) is 0 Å². The molecule has 0 aromatic heterocycles. The van der Waals surface area contributed by atoms with Crippen molar-refractivity contribution in [1.29, 1.82) is 0 Å². The van der Waals surface area contributed by atoms with Gasteiger partial charge in [0.25, 0.3) is 0 Å². The third-order valence-corrected chi connectivity index (χ3v) is 7.92. The second-order valence-corrected chi connectivity index (χ2v) is 12.8. The van der Waals surface area contributed by atoms with Crippen LogP contribution in [0.3, 0.4) is 0 Å². The summed E-state index contributed by atoms with van der Waals surface area (Å²) < 4.78 is 1.78. The molecule has 2 N–H and O–H groups in total. The Morgan fingerprint density at radius 1 is 0.475 bits per heavy atom. The van der Waals surface area contributed by atoms with Crippen LogP contribution >= 0.6 is 21.6 Å². The fourth-order valence-corrected chi connectivity index (χ4v) is 5.08. The molecule has 0 heterocycles. The SMILES string of the molecule is C[N+](C)(C)c1ccccc1.C[N+](C)(C)c1ccccc1.O=C(O)c1ccc(SSc2ccc(C(=O)O)cc2)cc1. The molecular weight excluding hydrogens is 540 g/mol. The zero-order valence-corrected chi connectivity index (χ0v) is 25.4. The van der Waals surface area contributed by atoms with Crippen molar-refractivity contribution >= 4 is 44.9 Å². The number of carboxylic acids is 2. The molecule has 0 saturated heterocycles. The second-order valence-electron chi connectivity index (χ2n) is 10.5. The summed E-state index contributed by atoms with van der Waals surface area (Å²) >= 11 is 0. The molecule has 6 nitrogen and oxygen atoms in total. The molecular formula is C32H38N2O4S2+2. The summed E-state index contributed by atoms with van der Waals surface area (Å²) in [5, 5.41) is 17.6. The first kappa shape index (κ1) is 32.7. The van der Waals surface area contributed by atoms with Crippen molar-refractivity contribution in [2.75, 3.05) is 42.3 Å². The number of carbonyl (C=O) groups is 2. The van der Waals surface area contributed by atoms with Gasteiger partial charge < -0.3 is 10.2 Å². The molecule has 210 valence electrons. The van der Waals surface area contributed by atoms with E-state index < -0.39 is 11.9 Å². The Kier molecular flexibility index (Phi) is 12.5. The Bertz CT molecular complexity index is 1230. The summed E-state index contributed by atoms with van der Waals surface area (Å²) in [4.78, 5) is 23.3. The summed E-state index contributed by atoms with van der Waals surface area (Å²) in [7, 11) is 15.9. The number of rotatable bonds is 7. The molecule has 0 aliphatic heterocycles. The Labute approximate surface area is 245 Å². The maximum absolute atomic E-state index is 10.7. The van der Waals surface area contributed by atoms with Gasteiger partial charge in [-0.15, -0.1) is 0 Å². The smallest absolute Gasteiger partial charge is 0.335 e. The van der Waals surface area contributed by atoms with E-state index in [4.69, 9.17) is 10.2 Å². The highest BCUT2D eigenvalue weighted by Gasteiger charge is 2.10. The van der Waals surface area contributed by atoms with E-state index in [0.29, 0.717) is 0 Å². The average Bonchev–Trinajstić information content (AvgIpc) is 2.93. The van der Waals surface area contributed by atoms with Crippen LogP contribution < -0.4 is 8.97 Å². The fourth-order valence-electron chi connectivity index (χ4n) is 3.15. The number of aromatic carboxylic acids is 2. The molecule has 0 spiro atoms. The first-order valence-electron chi connectivity index (χ1n) is 12.5. The number of hydrogen-bond donors (Lipinski definition) is 2. The molecule has 0 aliphatic rings. The van der Waals surface area contributed by atoms with Crippen LogP contribution in [0, 0.1) is 0 Å². The van der Waals surface area contributed by atoms with Gasteiger partial charge in [-0.2, -0.15) is 0 Å². The molecule has 40 heavy (non-hydrogen) atoms. The van der Waals surface area contributed by atoms with Crippen LogP contribution in [0.1, 0.15) is 20.7 Å². The predicted molar refractivity (Wildman–Crippen MR) is 171 cm³/mol. The lowest BCUT2D eigenvalue weighted by molar-refractivity contribution is 0.0686. The van der Waals surface area contributed by atoms with Crippen LogP contribution in [0.5, 0.6) is 0 Å². The molecule has 4 aromatic carbocycles. The third kappa shape index (κ3) is 11.7. The highest BCUT2D eigenvalue weighted by molar-refractivity contribution is 8.76. The van der Waals surface area contributed by atoms with Crippen LogP contribution in [0.15, 0.2) is 119 Å². The molecule has 0 radical (unpaired) electrons. The number of benzene rings is 4. The number of para-hydroxylation sites is 2. The lowest BCUT2D eigenvalue weighted by Crippen LogP contribution is -2.34. The molecule has 0 unspecified atom stereocenters. The lowest BCUT2D eigenvalue weighted by Gasteiger charge is -2.22. The van der Waals surface area contributed by atoms with E-state index in [9.17, 15) is 9.59 Å². The number of quaternary nitrogens is 2. The van der Waals surface area contributed by atoms with E-state index in [1.807, 2.05) is 12.1 Å². The van der Waals surface area contributed by atoms with E-state index in [-0.39, 0.29) is 11.1 Å². The molecule has 0 bridgehead atoms. The summed E-state index contributed by atoms with van der Waals surface area (Å²) in [6.45, 7) is 0. The minimum atomic E-state index is -0.946. The highest BCUT2D eigenvalue weighted by atomic mass is 33.1. The Morgan fingerprint density at radius 3 is 0.950 bits per heavy atom. The zero-order chi connectivity index (χ0) is 29.8. The molecule has 4 rings (SSSR count). The van der Waals surface area contributed by atoms with Crippen LogP contribution in [0.25, 0.3) is 0 Å². The van der Waals surface area contributed by atoms with Crippen molar-refractivity contribution in [1.82, 2.24) is 8.97 Å². The highest BCUT2D eigenvalue weighted by Crippen LogP contribution is 2.37. The second kappa shape index (κ2) is 15.3. The van der Waals surface area contributed by atoms with Gasteiger partial charge >= 0.3 is 11.9 Å². The first-order chi connectivity index (χ1) is 18.8. The standard InChI is InChI=1S/C14H10O4S2.2C9H14N/c15-13(16)9-1-5-11(6-2-9)19-20-12-7-3-10(4-8-12)14(17)18;2*1-10(2,3)9-7-5-4-6-8-9/h1-8H,(H,15,16)(H,17,18);2*4-8H,1-3H3/q;2*+1. The lowest BCUT2D eigenvalue weighted by atomic mass is 10.2. The first-order valence-corrected chi connectivity index (χ1v) is 14.7. The van der Waals surface area contributed by atoms with Crippen molar-refractivity contribution in [2.45, 2.75) is 9.79 Å². The summed E-state index contributed by atoms with van der Waals surface area (Å²) in [5.41, 5.74) is 3.18. The van der Waals surface area contributed by atoms with Crippen molar-refractivity contribution in [3.05, 3.63) is 120 Å². The molecule has 0 aliphatic carbocycles. The average molecular weight is 579 g/mol. The monoisotopic (exact) mass is 578 g/mol. The number of carboxylic acid groups (broad SMARTS) is 2. The third-order valence-electron chi connectivity index (χ3n) is 5.50. The van der Waals surface area contributed by atoms with Gasteiger partial charge in [-0.3, -0.25) is 8.97 Å². The van der Waals surface area contributed by atoms with Gasteiger partial charge in [0.15, 0.2) is 0 Å². The largest absolute Gasteiger partial charge is 0.478 e. The van der Waals surface area contributed by atoms with Gasteiger partial charge in [0.2, 0.25) is 0 Å². The molecule has 0 atom stereocenters. The van der Waals surface area contributed by atoms with E-state index in [0.717, 1.165) is 18.8 Å². The molecule has 0 saturated carbocycles. The van der Waals surface area contributed by atoms with Gasteiger partial charge in [-0.05, 0) is 72.8 Å². The zero-order valence-electron chi connectivity index (χ0n) is 23.8. The topological polar surface area (TPSA) is 74.6 Å². The van der Waals surface area contributed by atoms with Gasteiger partial charge in [0.1, 0.15) is 11.4 Å². The van der Waals surface area contributed by atoms with Crippen LogP contribution in [-0.4, -0.2) is 64.4 Å². The number of hydrogen-bond acceptors (Lipinski definition) is 4. The van der Waals surface area contributed by atoms with Crippen LogP contribution in [0.2, 0.25) is 0 Å². The van der Waals surface area contributed by atoms with Gasteiger partial charge in [0, 0.05) is 9.79 Å². The van der Waals surface area contributed by atoms with E-state index in [1.165, 1.54) is 33.0 Å². The fraction of sp³-hybridized carbons (Fsp3) is 0.188. The summed E-state index contributed by atoms with van der Waals surface area (Å²) in [5.74, 6) is -1.89. The van der Waals surface area contributed by atoms with Crippen molar-refractivity contribution in [2.24, 2.45) is 0 Å². The van der Waals surface area contributed by atoms with Crippen molar-refractivity contribution in [3.63, 3.8) is 0 Å². The van der Waals surface area contributed by atoms with Crippen molar-refractivity contribution < 1.29 is 19.8 Å². The normalized spacial score (nSPS) is 10.8.